The third kappa shape index (κ3) is 2.79. The van der Waals surface area contributed by atoms with Crippen LogP contribution in [0.1, 0.15) is 11.1 Å². The number of nitrogens with two attached hydrogens (primary N) is 1. The van der Waals surface area contributed by atoms with Crippen molar-refractivity contribution >= 4 is 11.3 Å². The van der Waals surface area contributed by atoms with E-state index in [-0.39, 0.29) is 0 Å². The molecule has 0 fully saturated rings. The molecule has 0 bridgehead atoms. The van der Waals surface area contributed by atoms with Crippen LogP contribution in [0.4, 0.5) is 0 Å². The molecule has 0 spiro atoms. The van der Waals surface area contributed by atoms with Gasteiger partial charge in [0.1, 0.15) is 17.6 Å². The summed E-state index contributed by atoms with van der Waals surface area (Å²) in [5, 5.41) is 9.44. The number of hydrogen-bond donors (Lipinski definition) is 1. The Balaban J connectivity index is 2.70. The Bertz CT molecular complexity index is 681. The van der Waals surface area contributed by atoms with Gasteiger partial charge < -0.3 is 15.2 Å². The molecule has 0 saturated heterocycles. The maximum Gasteiger partial charge on any atom is 0.131 e. The SMILES string of the molecule is COc1cccc(OC)c1/C(N)=C(/C#N)c1cccnc1. The molecular formula is C16H15N3O2. The van der Waals surface area contributed by atoms with Gasteiger partial charge in [0, 0.05) is 18.0 Å². The monoisotopic (exact) mass is 281 g/mol. The topological polar surface area (TPSA) is 81.2 Å². The molecule has 5 heteroatoms. The van der Waals surface area contributed by atoms with Crippen LogP contribution < -0.4 is 15.2 Å². The van der Waals surface area contributed by atoms with Crippen LogP contribution in [0.25, 0.3) is 11.3 Å². The second kappa shape index (κ2) is 6.44. The maximum atomic E-state index is 9.44. The Kier molecular flexibility index (Phi) is 4.42. The Morgan fingerprint density at radius 2 is 1.81 bits per heavy atom. The summed E-state index contributed by atoms with van der Waals surface area (Å²) in [5.41, 5.74) is 8.02. The minimum absolute atomic E-state index is 0.291. The highest BCUT2D eigenvalue weighted by molar-refractivity contribution is 5.98. The van der Waals surface area contributed by atoms with Crippen molar-refractivity contribution in [1.29, 1.82) is 5.26 Å². The highest BCUT2D eigenvalue weighted by Gasteiger charge is 2.17. The minimum atomic E-state index is 0.291. The van der Waals surface area contributed by atoms with Gasteiger partial charge in [-0.3, -0.25) is 4.98 Å². The maximum absolute atomic E-state index is 9.44. The fourth-order valence-electron chi connectivity index (χ4n) is 2.03. The zero-order chi connectivity index (χ0) is 15.2. The van der Waals surface area contributed by atoms with Crippen molar-refractivity contribution < 1.29 is 9.47 Å². The number of rotatable bonds is 4. The molecule has 0 radical (unpaired) electrons. The normalized spacial score (nSPS) is 11.3. The Hall–Kier alpha value is -3.00. The number of nitrogens with zero attached hydrogens (tertiary/aromatic N) is 2. The molecule has 2 aromatic rings. The molecule has 0 aliphatic rings. The summed E-state index contributed by atoms with van der Waals surface area (Å²) in [6, 6.07) is 11.0. The summed E-state index contributed by atoms with van der Waals surface area (Å²) in [6.07, 6.45) is 3.23. The molecule has 106 valence electrons. The molecule has 0 atom stereocenters. The molecule has 1 aromatic carbocycles. The van der Waals surface area contributed by atoms with Gasteiger partial charge in [-0.2, -0.15) is 5.26 Å². The number of allylic oxidation sites excluding steroid dienone is 1. The lowest BCUT2D eigenvalue weighted by Gasteiger charge is -2.14. The first-order valence-corrected chi connectivity index (χ1v) is 6.24. The molecule has 0 aliphatic heterocycles. The highest BCUT2D eigenvalue weighted by atomic mass is 16.5. The lowest BCUT2D eigenvalue weighted by Crippen LogP contribution is -2.05. The molecular weight excluding hydrogens is 266 g/mol. The average Bonchev–Trinajstić information content (AvgIpc) is 2.55. The third-order valence-electron chi connectivity index (χ3n) is 3.03. The average molecular weight is 281 g/mol. The molecule has 0 unspecified atom stereocenters. The van der Waals surface area contributed by atoms with Gasteiger partial charge in [0.05, 0.1) is 31.1 Å². The fourth-order valence-corrected chi connectivity index (χ4v) is 2.03. The molecule has 5 nitrogen and oxygen atoms in total. The van der Waals surface area contributed by atoms with Crippen molar-refractivity contribution in [3.05, 3.63) is 53.9 Å². The highest BCUT2D eigenvalue weighted by Crippen LogP contribution is 2.35. The van der Waals surface area contributed by atoms with Crippen LogP contribution in [-0.4, -0.2) is 19.2 Å². The third-order valence-corrected chi connectivity index (χ3v) is 3.03. The Labute approximate surface area is 123 Å². The van der Waals surface area contributed by atoms with Crippen LogP contribution in [0.5, 0.6) is 11.5 Å². The molecule has 21 heavy (non-hydrogen) atoms. The molecule has 1 aromatic heterocycles. The second-order valence-corrected chi connectivity index (χ2v) is 4.18. The van der Waals surface area contributed by atoms with Gasteiger partial charge in [-0.25, -0.2) is 0 Å². The Morgan fingerprint density at radius 3 is 2.29 bits per heavy atom. The van der Waals surface area contributed by atoms with E-state index in [1.807, 2.05) is 0 Å². The van der Waals surface area contributed by atoms with E-state index in [2.05, 4.69) is 11.1 Å². The van der Waals surface area contributed by atoms with Crippen LogP contribution in [0.2, 0.25) is 0 Å². The van der Waals surface area contributed by atoms with E-state index in [4.69, 9.17) is 15.2 Å². The summed E-state index contributed by atoms with van der Waals surface area (Å²) in [7, 11) is 3.09. The summed E-state index contributed by atoms with van der Waals surface area (Å²) < 4.78 is 10.6. The molecule has 0 amide bonds. The van der Waals surface area contributed by atoms with Crippen LogP contribution in [0, 0.1) is 11.3 Å². The van der Waals surface area contributed by atoms with Gasteiger partial charge in [-0.15, -0.1) is 0 Å². The van der Waals surface area contributed by atoms with Crippen molar-refractivity contribution in [2.45, 2.75) is 0 Å². The smallest absolute Gasteiger partial charge is 0.131 e. The van der Waals surface area contributed by atoms with E-state index in [1.165, 1.54) is 0 Å². The zero-order valence-electron chi connectivity index (χ0n) is 11.8. The van der Waals surface area contributed by atoms with Gasteiger partial charge in [-0.05, 0) is 18.2 Å². The van der Waals surface area contributed by atoms with Gasteiger partial charge in [0.2, 0.25) is 0 Å². The van der Waals surface area contributed by atoms with Crippen molar-refractivity contribution in [3.8, 4) is 17.6 Å². The lowest BCUT2D eigenvalue weighted by atomic mass is 10.0. The van der Waals surface area contributed by atoms with Gasteiger partial charge in [0.15, 0.2) is 0 Å². The van der Waals surface area contributed by atoms with Crippen LogP contribution in [0.15, 0.2) is 42.7 Å². The van der Waals surface area contributed by atoms with Crippen molar-refractivity contribution in [3.63, 3.8) is 0 Å². The molecule has 0 saturated carbocycles. The van der Waals surface area contributed by atoms with Crippen LogP contribution >= 0.6 is 0 Å². The minimum Gasteiger partial charge on any atom is -0.496 e. The van der Waals surface area contributed by atoms with Gasteiger partial charge in [-0.1, -0.05) is 12.1 Å². The van der Waals surface area contributed by atoms with E-state index >= 15 is 0 Å². The van der Waals surface area contributed by atoms with Crippen molar-refractivity contribution in [2.75, 3.05) is 14.2 Å². The fraction of sp³-hybridized carbons (Fsp3) is 0.125. The molecule has 2 N–H and O–H groups in total. The summed E-state index contributed by atoms with van der Waals surface area (Å²) in [4.78, 5) is 4.01. The van der Waals surface area contributed by atoms with Gasteiger partial charge in [0.25, 0.3) is 0 Å². The number of aromatic nitrogens is 1. The van der Waals surface area contributed by atoms with Crippen molar-refractivity contribution in [1.82, 2.24) is 4.98 Å². The van der Waals surface area contributed by atoms with Crippen LogP contribution in [-0.2, 0) is 0 Å². The largest absolute Gasteiger partial charge is 0.496 e. The number of ether oxygens (including phenoxy) is 2. The summed E-state index contributed by atoms with van der Waals surface area (Å²) in [5.74, 6) is 1.09. The number of pyridine rings is 1. The van der Waals surface area contributed by atoms with Crippen LogP contribution in [0.3, 0.4) is 0 Å². The second-order valence-electron chi connectivity index (χ2n) is 4.18. The van der Waals surface area contributed by atoms with Gasteiger partial charge >= 0.3 is 0 Å². The first-order chi connectivity index (χ1) is 10.2. The molecule has 0 aliphatic carbocycles. The van der Waals surface area contributed by atoms with E-state index in [1.54, 1.807) is 56.9 Å². The zero-order valence-corrected chi connectivity index (χ0v) is 11.8. The Morgan fingerprint density at radius 1 is 1.14 bits per heavy atom. The van der Waals surface area contributed by atoms with E-state index in [9.17, 15) is 5.26 Å². The van der Waals surface area contributed by atoms with E-state index in [0.717, 1.165) is 0 Å². The predicted molar refractivity (Wildman–Crippen MR) is 80.4 cm³/mol. The molecule has 2 rings (SSSR count). The predicted octanol–water partition coefficient (Wildman–Crippen LogP) is 2.45. The van der Waals surface area contributed by atoms with E-state index < -0.39 is 0 Å². The standard InChI is InChI=1S/C16H15N3O2/c1-20-13-6-3-7-14(21-2)15(13)16(18)12(9-17)11-5-4-8-19-10-11/h3-8,10H,18H2,1-2H3/b16-12+. The quantitative estimate of drug-likeness (QED) is 0.870. The van der Waals surface area contributed by atoms with E-state index in [0.29, 0.717) is 33.9 Å². The first kappa shape index (κ1) is 14.4. The number of benzene rings is 1. The first-order valence-electron chi connectivity index (χ1n) is 6.24. The van der Waals surface area contributed by atoms with Crippen molar-refractivity contribution in [2.24, 2.45) is 5.73 Å². The lowest BCUT2D eigenvalue weighted by molar-refractivity contribution is 0.392. The number of methoxy groups -OCH3 is 2. The number of nitriles is 1. The summed E-state index contributed by atoms with van der Waals surface area (Å²) >= 11 is 0. The number of hydrogen-bond acceptors (Lipinski definition) is 5. The molecule has 1 heterocycles. The summed E-state index contributed by atoms with van der Waals surface area (Å²) in [6.45, 7) is 0.